The molecule has 1 amide bonds. The van der Waals surface area contributed by atoms with Crippen molar-refractivity contribution in [3.63, 3.8) is 0 Å². The first-order valence-corrected chi connectivity index (χ1v) is 11.2. The molecule has 0 unspecified atom stereocenters. The second-order valence-electron chi connectivity index (χ2n) is 6.12. The molecule has 2 aromatic carbocycles. The maximum Gasteiger partial charge on any atom is 0.263 e. The van der Waals surface area contributed by atoms with E-state index in [1.54, 1.807) is 53.9 Å². The van der Waals surface area contributed by atoms with Crippen molar-refractivity contribution < 1.29 is 13.2 Å². The lowest BCUT2D eigenvalue weighted by molar-refractivity contribution is -0.116. The Kier molecular flexibility index (Phi) is 6.33. The first kappa shape index (κ1) is 20.3. The van der Waals surface area contributed by atoms with E-state index < -0.39 is 10.0 Å². The van der Waals surface area contributed by atoms with Crippen LogP contribution in [0.4, 0.5) is 10.8 Å². The summed E-state index contributed by atoms with van der Waals surface area (Å²) in [6, 6.07) is 13.5. The number of sulfonamides is 1. The second kappa shape index (κ2) is 8.72. The number of thiazole rings is 1. The fourth-order valence-electron chi connectivity index (χ4n) is 2.39. The second-order valence-corrected chi connectivity index (χ2v) is 9.10. The minimum Gasteiger partial charge on any atom is -0.326 e. The van der Waals surface area contributed by atoms with Crippen LogP contribution in [0.5, 0.6) is 0 Å². The molecule has 0 aliphatic carbocycles. The van der Waals surface area contributed by atoms with Gasteiger partial charge in [-0.2, -0.15) is 0 Å². The van der Waals surface area contributed by atoms with Crippen LogP contribution in [0.1, 0.15) is 17.7 Å². The minimum atomic E-state index is -3.69. The average Bonchev–Trinajstić information content (AvgIpc) is 3.07. The molecule has 2 N–H and O–H groups in total. The van der Waals surface area contributed by atoms with Gasteiger partial charge in [0, 0.05) is 22.5 Å². The van der Waals surface area contributed by atoms with Crippen LogP contribution in [0.2, 0.25) is 5.02 Å². The van der Waals surface area contributed by atoms with Crippen LogP contribution in [-0.2, 0) is 21.2 Å². The van der Waals surface area contributed by atoms with Crippen LogP contribution >= 0.6 is 22.9 Å². The largest absolute Gasteiger partial charge is 0.326 e. The molecule has 3 rings (SSSR count). The lowest BCUT2D eigenvalue weighted by atomic mass is 10.2. The number of hydrogen-bond donors (Lipinski definition) is 2. The number of anilines is 2. The molecule has 9 heteroatoms. The Hall–Kier alpha value is -2.42. The predicted octanol–water partition coefficient (Wildman–Crippen LogP) is 4.48. The van der Waals surface area contributed by atoms with Gasteiger partial charge in [-0.05, 0) is 43.7 Å². The van der Waals surface area contributed by atoms with Gasteiger partial charge in [-0.3, -0.25) is 9.52 Å². The van der Waals surface area contributed by atoms with Gasteiger partial charge in [0.15, 0.2) is 5.13 Å². The van der Waals surface area contributed by atoms with Gasteiger partial charge in [0.25, 0.3) is 10.0 Å². The summed E-state index contributed by atoms with van der Waals surface area (Å²) >= 11 is 7.07. The Morgan fingerprint density at radius 1 is 1.18 bits per heavy atom. The van der Waals surface area contributed by atoms with Crippen LogP contribution in [0.15, 0.2) is 58.8 Å². The Balaban J connectivity index is 1.56. The zero-order chi connectivity index (χ0) is 20.1. The van der Waals surface area contributed by atoms with Gasteiger partial charge in [-0.15, -0.1) is 11.3 Å². The summed E-state index contributed by atoms with van der Waals surface area (Å²) in [5.41, 5.74) is 2.25. The molecule has 0 aliphatic rings. The van der Waals surface area contributed by atoms with E-state index in [-0.39, 0.29) is 22.4 Å². The normalized spacial score (nSPS) is 11.2. The topological polar surface area (TPSA) is 88.2 Å². The fraction of sp³-hybridized carbons (Fsp3) is 0.158. The number of amides is 1. The number of hydrogen-bond acceptors (Lipinski definition) is 5. The Bertz CT molecular complexity index is 1080. The van der Waals surface area contributed by atoms with E-state index in [0.717, 1.165) is 5.56 Å². The molecule has 0 spiro atoms. The Labute approximate surface area is 172 Å². The zero-order valence-electron chi connectivity index (χ0n) is 15.0. The molecule has 0 saturated carbocycles. The van der Waals surface area contributed by atoms with Crippen molar-refractivity contribution in [3.8, 4) is 0 Å². The predicted molar refractivity (Wildman–Crippen MR) is 113 cm³/mol. The SMILES string of the molecule is Cc1ccc(S(=O)(=O)Nc2nc(CCC(=O)Nc3cccc(Cl)c3)cs2)cc1. The molecular weight excluding hydrogens is 418 g/mol. The maximum absolute atomic E-state index is 12.4. The molecule has 0 fully saturated rings. The van der Waals surface area contributed by atoms with E-state index in [2.05, 4.69) is 15.0 Å². The van der Waals surface area contributed by atoms with Crippen LogP contribution < -0.4 is 10.0 Å². The van der Waals surface area contributed by atoms with Crippen LogP contribution in [0.25, 0.3) is 0 Å². The summed E-state index contributed by atoms with van der Waals surface area (Å²) in [5, 5.41) is 5.31. The molecule has 0 saturated heterocycles. The first-order chi connectivity index (χ1) is 13.3. The van der Waals surface area contributed by atoms with Gasteiger partial charge in [0.1, 0.15) is 0 Å². The summed E-state index contributed by atoms with van der Waals surface area (Å²) in [7, 11) is -3.69. The highest BCUT2D eigenvalue weighted by Gasteiger charge is 2.16. The number of aryl methyl sites for hydroxylation is 2. The summed E-state index contributed by atoms with van der Waals surface area (Å²) in [6.07, 6.45) is 0.621. The van der Waals surface area contributed by atoms with Crippen molar-refractivity contribution >= 4 is 49.7 Å². The van der Waals surface area contributed by atoms with Crippen LogP contribution in [0.3, 0.4) is 0 Å². The molecule has 0 atom stereocenters. The number of aromatic nitrogens is 1. The average molecular weight is 436 g/mol. The number of nitrogens with one attached hydrogen (secondary N) is 2. The molecule has 0 bridgehead atoms. The van der Waals surface area contributed by atoms with Gasteiger partial charge in [-0.25, -0.2) is 13.4 Å². The third kappa shape index (κ3) is 5.54. The minimum absolute atomic E-state index is 0.169. The van der Waals surface area contributed by atoms with Gasteiger partial charge < -0.3 is 5.32 Å². The first-order valence-electron chi connectivity index (χ1n) is 8.41. The zero-order valence-corrected chi connectivity index (χ0v) is 17.4. The van der Waals surface area contributed by atoms with Crippen molar-refractivity contribution in [1.29, 1.82) is 0 Å². The van der Waals surface area contributed by atoms with Gasteiger partial charge in [-0.1, -0.05) is 35.4 Å². The lowest BCUT2D eigenvalue weighted by Gasteiger charge is -2.05. The van der Waals surface area contributed by atoms with Crippen LogP contribution in [-0.4, -0.2) is 19.3 Å². The number of rotatable bonds is 7. The van der Waals surface area contributed by atoms with Crippen molar-refractivity contribution in [3.05, 3.63) is 70.2 Å². The molecule has 6 nitrogen and oxygen atoms in total. The molecule has 3 aromatic rings. The third-order valence-corrected chi connectivity index (χ3v) is 6.35. The fourth-order valence-corrected chi connectivity index (χ4v) is 4.58. The molecule has 146 valence electrons. The number of benzene rings is 2. The van der Waals surface area contributed by atoms with E-state index in [0.29, 0.717) is 22.8 Å². The molecular formula is C19H18ClN3O3S2. The maximum atomic E-state index is 12.4. The summed E-state index contributed by atoms with van der Waals surface area (Å²) in [5.74, 6) is -0.169. The molecule has 0 radical (unpaired) electrons. The quantitative estimate of drug-likeness (QED) is 0.572. The summed E-state index contributed by atoms with van der Waals surface area (Å²) in [6.45, 7) is 1.89. The highest BCUT2D eigenvalue weighted by Crippen LogP contribution is 2.21. The highest BCUT2D eigenvalue weighted by molar-refractivity contribution is 7.93. The van der Waals surface area contributed by atoms with Crippen molar-refractivity contribution in [1.82, 2.24) is 4.98 Å². The van der Waals surface area contributed by atoms with Crippen molar-refractivity contribution in [2.75, 3.05) is 10.0 Å². The molecule has 1 heterocycles. The van der Waals surface area contributed by atoms with E-state index >= 15 is 0 Å². The van der Waals surface area contributed by atoms with Crippen LogP contribution in [0, 0.1) is 6.92 Å². The van der Waals surface area contributed by atoms with Gasteiger partial charge in [0.05, 0.1) is 10.6 Å². The number of carbonyl (C=O) groups excluding carboxylic acids is 1. The number of nitrogens with zero attached hydrogens (tertiary/aromatic N) is 1. The third-order valence-electron chi connectivity index (χ3n) is 3.82. The molecule has 1 aromatic heterocycles. The van der Waals surface area contributed by atoms with Gasteiger partial charge in [0.2, 0.25) is 5.91 Å². The van der Waals surface area contributed by atoms with Gasteiger partial charge >= 0.3 is 0 Å². The standard InChI is InChI=1S/C19H18ClN3O3S2/c1-13-5-8-17(9-6-13)28(25,26)23-19-22-16(12-27-19)7-10-18(24)21-15-4-2-3-14(20)11-15/h2-6,8-9,11-12H,7,10H2,1H3,(H,21,24)(H,22,23). The molecule has 0 aliphatic heterocycles. The van der Waals surface area contributed by atoms with Crippen molar-refractivity contribution in [2.24, 2.45) is 0 Å². The van der Waals surface area contributed by atoms with E-state index in [1.165, 1.54) is 11.3 Å². The van der Waals surface area contributed by atoms with Crippen molar-refractivity contribution in [2.45, 2.75) is 24.7 Å². The van der Waals surface area contributed by atoms with E-state index in [4.69, 9.17) is 11.6 Å². The Morgan fingerprint density at radius 3 is 2.64 bits per heavy atom. The molecule has 28 heavy (non-hydrogen) atoms. The number of halogens is 1. The Morgan fingerprint density at radius 2 is 1.93 bits per heavy atom. The van der Waals surface area contributed by atoms with E-state index in [9.17, 15) is 13.2 Å². The summed E-state index contributed by atoms with van der Waals surface area (Å²) < 4.78 is 27.3. The van der Waals surface area contributed by atoms with E-state index in [1.807, 2.05) is 6.92 Å². The smallest absolute Gasteiger partial charge is 0.263 e. The summed E-state index contributed by atoms with van der Waals surface area (Å²) in [4.78, 5) is 16.5. The number of carbonyl (C=O) groups is 1. The highest BCUT2D eigenvalue weighted by atomic mass is 35.5. The lowest BCUT2D eigenvalue weighted by Crippen LogP contribution is -2.13. The monoisotopic (exact) mass is 435 g/mol.